The van der Waals surface area contributed by atoms with Gasteiger partial charge in [0.15, 0.2) is 0 Å². The molecular weight excluding hydrogens is 202 g/mol. The molecule has 0 aliphatic heterocycles. The second-order valence-corrected chi connectivity index (χ2v) is 4.10. The number of benzene rings is 1. The summed E-state index contributed by atoms with van der Waals surface area (Å²) in [6, 6.07) is 3.56. The van der Waals surface area contributed by atoms with Crippen molar-refractivity contribution in [2.45, 2.75) is 40.2 Å². The Morgan fingerprint density at radius 2 is 2.06 bits per heavy atom. The molecule has 3 nitrogen and oxygen atoms in total. The van der Waals surface area contributed by atoms with Crippen LogP contribution in [-0.4, -0.2) is 17.1 Å². The second-order valence-electron chi connectivity index (χ2n) is 4.10. The molecule has 16 heavy (non-hydrogen) atoms. The third-order valence-corrected chi connectivity index (χ3v) is 2.93. The Balaban J connectivity index is 3.10. The van der Waals surface area contributed by atoms with Crippen LogP contribution in [-0.2, 0) is 11.2 Å². The highest BCUT2D eigenvalue weighted by molar-refractivity contribution is 5.78. The Kier molecular flexibility index (Phi) is 3.93. The lowest BCUT2D eigenvalue weighted by atomic mass is 10.0. The summed E-state index contributed by atoms with van der Waals surface area (Å²) in [5, 5.41) is 12.0. The molecule has 0 aliphatic rings. The Morgan fingerprint density at radius 3 is 2.56 bits per heavy atom. The van der Waals surface area contributed by atoms with E-state index in [2.05, 4.69) is 24.4 Å². The molecule has 1 aromatic carbocycles. The minimum atomic E-state index is -0.831. The maximum Gasteiger partial charge on any atom is 0.325 e. The monoisotopic (exact) mass is 221 g/mol. The molecule has 0 saturated heterocycles. The number of hydrogen-bond donors (Lipinski definition) is 2. The first-order valence-corrected chi connectivity index (χ1v) is 5.55. The van der Waals surface area contributed by atoms with Crippen molar-refractivity contribution in [2.24, 2.45) is 0 Å². The van der Waals surface area contributed by atoms with E-state index in [9.17, 15) is 4.79 Å². The van der Waals surface area contributed by atoms with E-state index in [-0.39, 0.29) is 0 Å². The molecular formula is C13H19NO2. The number of carbonyl (C=O) groups is 1. The van der Waals surface area contributed by atoms with Gasteiger partial charge >= 0.3 is 5.97 Å². The normalized spacial score (nSPS) is 12.2. The summed E-state index contributed by atoms with van der Waals surface area (Å²) in [6.07, 6.45) is 0.899. The lowest BCUT2D eigenvalue weighted by Gasteiger charge is -2.18. The van der Waals surface area contributed by atoms with E-state index in [1.165, 1.54) is 5.56 Å². The third kappa shape index (κ3) is 2.54. The summed E-state index contributed by atoms with van der Waals surface area (Å²) in [6.45, 7) is 7.78. The number of aliphatic carboxylic acids is 1. The van der Waals surface area contributed by atoms with Crippen molar-refractivity contribution in [3.05, 3.63) is 28.8 Å². The van der Waals surface area contributed by atoms with Crippen LogP contribution in [0, 0.1) is 13.8 Å². The fourth-order valence-corrected chi connectivity index (χ4v) is 1.65. The predicted molar refractivity (Wildman–Crippen MR) is 66.0 cm³/mol. The quantitative estimate of drug-likeness (QED) is 0.822. The minimum absolute atomic E-state index is 0.564. The van der Waals surface area contributed by atoms with Gasteiger partial charge in [-0.25, -0.2) is 0 Å². The molecule has 0 radical (unpaired) electrons. The Labute approximate surface area is 96.5 Å². The van der Waals surface area contributed by atoms with Gasteiger partial charge < -0.3 is 10.4 Å². The second kappa shape index (κ2) is 5.01. The van der Waals surface area contributed by atoms with Gasteiger partial charge in [0.05, 0.1) is 0 Å². The highest BCUT2D eigenvalue weighted by Crippen LogP contribution is 2.25. The Hall–Kier alpha value is -1.51. The number of hydrogen-bond acceptors (Lipinski definition) is 2. The SMILES string of the molecule is CCc1ccc(C)c(C)c1NC(C)C(=O)O. The van der Waals surface area contributed by atoms with Gasteiger partial charge in [0.25, 0.3) is 0 Å². The van der Waals surface area contributed by atoms with Gasteiger partial charge in [-0.2, -0.15) is 0 Å². The van der Waals surface area contributed by atoms with Crippen LogP contribution in [0.25, 0.3) is 0 Å². The van der Waals surface area contributed by atoms with Gasteiger partial charge in [0.2, 0.25) is 0 Å². The first-order valence-electron chi connectivity index (χ1n) is 5.55. The van der Waals surface area contributed by atoms with Crippen LogP contribution >= 0.6 is 0 Å². The highest BCUT2D eigenvalue weighted by atomic mass is 16.4. The molecule has 88 valence electrons. The van der Waals surface area contributed by atoms with Crippen molar-refractivity contribution in [1.82, 2.24) is 0 Å². The summed E-state index contributed by atoms with van der Waals surface area (Å²) in [5.41, 5.74) is 4.44. The van der Waals surface area contributed by atoms with E-state index in [0.717, 1.165) is 23.2 Å². The van der Waals surface area contributed by atoms with Crippen LogP contribution in [0.2, 0.25) is 0 Å². The number of nitrogens with one attached hydrogen (secondary N) is 1. The molecule has 2 N–H and O–H groups in total. The van der Waals surface area contributed by atoms with Gasteiger partial charge in [-0.05, 0) is 43.9 Å². The minimum Gasteiger partial charge on any atom is -0.480 e. The topological polar surface area (TPSA) is 49.3 Å². The molecule has 0 saturated carbocycles. The zero-order valence-electron chi connectivity index (χ0n) is 10.3. The number of carboxylic acids is 1. The number of carboxylic acid groups (broad SMARTS) is 1. The van der Waals surface area contributed by atoms with E-state index in [0.29, 0.717) is 0 Å². The van der Waals surface area contributed by atoms with E-state index >= 15 is 0 Å². The van der Waals surface area contributed by atoms with Crippen molar-refractivity contribution in [2.75, 3.05) is 5.32 Å². The summed E-state index contributed by atoms with van der Waals surface area (Å²) < 4.78 is 0. The molecule has 1 aromatic rings. The van der Waals surface area contributed by atoms with Crippen molar-refractivity contribution < 1.29 is 9.90 Å². The smallest absolute Gasteiger partial charge is 0.325 e. The Morgan fingerprint density at radius 1 is 1.44 bits per heavy atom. The summed E-state index contributed by atoms with van der Waals surface area (Å²) in [5.74, 6) is -0.831. The number of anilines is 1. The molecule has 0 spiro atoms. The van der Waals surface area contributed by atoms with Crippen molar-refractivity contribution >= 4 is 11.7 Å². The zero-order valence-corrected chi connectivity index (χ0v) is 10.3. The summed E-state index contributed by atoms with van der Waals surface area (Å²) in [7, 11) is 0. The predicted octanol–water partition coefficient (Wildman–Crippen LogP) is 2.75. The first kappa shape index (κ1) is 12.6. The summed E-state index contributed by atoms with van der Waals surface area (Å²) in [4.78, 5) is 10.8. The van der Waals surface area contributed by atoms with Crippen molar-refractivity contribution in [3.8, 4) is 0 Å². The third-order valence-electron chi connectivity index (χ3n) is 2.93. The summed E-state index contributed by atoms with van der Waals surface area (Å²) >= 11 is 0. The molecule has 0 aliphatic carbocycles. The van der Waals surface area contributed by atoms with Crippen molar-refractivity contribution in [1.29, 1.82) is 0 Å². The average Bonchev–Trinajstić information content (AvgIpc) is 2.25. The molecule has 3 heteroatoms. The van der Waals surface area contributed by atoms with Crippen LogP contribution in [0.5, 0.6) is 0 Å². The largest absolute Gasteiger partial charge is 0.480 e. The average molecular weight is 221 g/mol. The van der Waals surface area contributed by atoms with Gasteiger partial charge in [-0.15, -0.1) is 0 Å². The van der Waals surface area contributed by atoms with E-state index in [1.807, 2.05) is 13.8 Å². The lowest BCUT2D eigenvalue weighted by molar-refractivity contribution is -0.137. The molecule has 1 atom stereocenters. The number of aryl methyl sites for hydroxylation is 2. The van der Waals surface area contributed by atoms with Gasteiger partial charge in [0, 0.05) is 5.69 Å². The van der Waals surface area contributed by atoms with Crippen LogP contribution in [0.15, 0.2) is 12.1 Å². The highest BCUT2D eigenvalue weighted by Gasteiger charge is 2.14. The molecule has 1 rings (SSSR count). The van der Waals surface area contributed by atoms with Crippen LogP contribution in [0.3, 0.4) is 0 Å². The van der Waals surface area contributed by atoms with Crippen molar-refractivity contribution in [3.63, 3.8) is 0 Å². The first-order chi connectivity index (χ1) is 7.47. The Bertz CT molecular complexity index is 399. The van der Waals surface area contributed by atoms with Gasteiger partial charge in [-0.1, -0.05) is 19.1 Å². The van der Waals surface area contributed by atoms with Crippen LogP contribution in [0.1, 0.15) is 30.5 Å². The fourth-order valence-electron chi connectivity index (χ4n) is 1.65. The van der Waals surface area contributed by atoms with Gasteiger partial charge in [0.1, 0.15) is 6.04 Å². The van der Waals surface area contributed by atoms with E-state index in [1.54, 1.807) is 6.92 Å². The fraction of sp³-hybridized carbons (Fsp3) is 0.462. The standard InChI is InChI=1S/C13H19NO2/c1-5-11-7-6-8(2)9(3)12(11)14-10(4)13(15)16/h6-7,10,14H,5H2,1-4H3,(H,15,16). The lowest BCUT2D eigenvalue weighted by Crippen LogP contribution is -2.26. The molecule has 0 fully saturated rings. The zero-order chi connectivity index (χ0) is 12.3. The molecule has 1 unspecified atom stereocenters. The maximum absolute atomic E-state index is 10.8. The van der Waals surface area contributed by atoms with E-state index in [4.69, 9.17) is 5.11 Å². The molecule has 0 heterocycles. The molecule has 0 aromatic heterocycles. The van der Waals surface area contributed by atoms with Crippen LogP contribution in [0.4, 0.5) is 5.69 Å². The van der Waals surface area contributed by atoms with E-state index < -0.39 is 12.0 Å². The maximum atomic E-state index is 10.8. The molecule has 0 bridgehead atoms. The van der Waals surface area contributed by atoms with Gasteiger partial charge in [-0.3, -0.25) is 4.79 Å². The number of rotatable bonds is 4. The van der Waals surface area contributed by atoms with Crippen LogP contribution < -0.4 is 5.32 Å². The molecule has 0 amide bonds.